The summed E-state index contributed by atoms with van der Waals surface area (Å²) in [4.78, 5) is 12.8. The fraction of sp³-hybridized carbons (Fsp3) is 0.348. The van der Waals surface area contributed by atoms with Gasteiger partial charge in [0.2, 0.25) is 11.2 Å². The normalized spacial score (nSPS) is 11.1. The van der Waals surface area contributed by atoms with E-state index < -0.39 is 0 Å². The quantitative estimate of drug-likeness (QED) is 0.503. The molecule has 0 atom stereocenters. The average Bonchev–Trinajstić information content (AvgIpc) is 2.67. The number of hydrogen-bond acceptors (Lipinski definition) is 7. The molecule has 7 nitrogen and oxygen atoms in total. The van der Waals surface area contributed by atoms with Gasteiger partial charge in [-0.3, -0.25) is 4.79 Å². The van der Waals surface area contributed by atoms with Crippen LogP contribution in [0.3, 0.4) is 0 Å². The first-order chi connectivity index (χ1) is 14.3. The molecule has 1 aromatic heterocycles. The Labute approximate surface area is 175 Å². The zero-order valence-corrected chi connectivity index (χ0v) is 18.0. The highest BCUT2D eigenvalue weighted by molar-refractivity contribution is 5.89. The number of methoxy groups -OCH3 is 2. The van der Waals surface area contributed by atoms with Gasteiger partial charge in [-0.05, 0) is 52.0 Å². The van der Waals surface area contributed by atoms with Crippen molar-refractivity contribution in [3.63, 3.8) is 0 Å². The molecule has 7 heteroatoms. The summed E-state index contributed by atoms with van der Waals surface area (Å²) in [5, 5.41) is 0.249. The van der Waals surface area contributed by atoms with E-state index in [0.717, 1.165) is 5.75 Å². The lowest BCUT2D eigenvalue weighted by Gasteiger charge is -2.17. The molecule has 3 aromatic rings. The van der Waals surface area contributed by atoms with E-state index in [2.05, 4.69) is 0 Å². The van der Waals surface area contributed by atoms with Crippen molar-refractivity contribution in [1.29, 1.82) is 0 Å². The Bertz CT molecular complexity index is 1070. The molecule has 0 saturated heterocycles. The van der Waals surface area contributed by atoms with Crippen molar-refractivity contribution in [2.24, 2.45) is 0 Å². The van der Waals surface area contributed by atoms with Crippen LogP contribution in [-0.2, 0) is 0 Å². The van der Waals surface area contributed by atoms with Crippen LogP contribution in [0.15, 0.2) is 45.6 Å². The lowest BCUT2D eigenvalue weighted by Crippen LogP contribution is -2.09. The van der Waals surface area contributed by atoms with E-state index in [0.29, 0.717) is 17.2 Å². The van der Waals surface area contributed by atoms with Gasteiger partial charge in [-0.2, -0.15) is 0 Å². The largest absolute Gasteiger partial charge is 0.492 e. The Morgan fingerprint density at radius 2 is 1.40 bits per heavy atom. The third-order valence-electron chi connectivity index (χ3n) is 4.06. The molecule has 0 aliphatic rings. The van der Waals surface area contributed by atoms with Gasteiger partial charge in [-0.15, -0.1) is 0 Å². The zero-order valence-electron chi connectivity index (χ0n) is 18.0. The summed E-state index contributed by atoms with van der Waals surface area (Å²) in [6, 6.07) is 9.93. The van der Waals surface area contributed by atoms with Gasteiger partial charge < -0.3 is 28.1 Å². The van der Waals surface area contributed by atoms with Gasteiger partial charge in [-0.25, -0.2) is 0 Å². The molecule has 160 valence electrons. The Kier molecular flexibility index (Phi) is 6.40. The summed E-state index contributed by atoms with van der Waals surface area (Å²) in [5.41, 5.74) is -0.0529. The van der Waals surface area contributed by atoms with Gasteiger partial charge >= 0.3 is 0 Å². The predicted octanol–water partition coefficient (Wildman–Crippen LogP) is 5.18. The summed E-state index contributed by atoms with van der Waals surface area (Å²) in [6.07, 6.45) is -0.0386. The van der Waals surface area contributed by atoms with Crippen LogP contribution in [0.2, 0.25) is 0 Å². The first kappa shape index (κ1) is 21.4. The molecule has 0 spiro atoms. The van der Waals surface area contributed by atoms with Crippen molar-refractivity contribution in [1.82, 2.24) is 0 Å². The lowest BCUT2D eigenvalue weighted by atomic mass is 10.1. The molecule has 0 aliphatic heterocycles. The number of hydrogen-bond donors (Lipinski definition) is 0. The van der Waals surface area contributed by atoms with Crippen molar-refractivity contribution >= 4 is 11.0 Å². The van der Waals surface area contributed by atoms with Crippen molar-refractivity contribution in [3.05, 3.63) is 46.6 Å². The van der Waals surface area contributed by atoms with Crippen LogP contribution in [0.1, 0.15) is 27.7 Å². The van der Waals surface area contributed by atoms with Gasteiger partial charge in [0.25, 0.3) is 5.95 Å². The van der Waals surface area contributed by atoms with E-state index in [4.69, 9.17) is 28.1 Å². The van der Waals surface area contributed by atoms with E-state index in [1.807, 2.05) is 27.7 Å². The highest BCUT2D eigenvalue weighted by Gasteiger charge is 2.22. The van der Waals surface area contributed by atoms with E-state index in [1.165, 1.54) is 20.3 Å². The molecule has 3 rings (SSSR count). The first-order valence-electron chi connectivity index (χ1n) is 9.66. The van der Waals surface area contributed by atoms with E-state index in [1.54, 1.807) is 30.3 Å². The Balaban J connectivity index is 2.02. The number of benzene rings is 2. The standard InChI is InChI=1S/C23H26O7/c1-13(2)27-15-7-9-16(10-8-15)29-20-11-17(24)21-18(30-20)12-19(28-14(3)4)22(25-5)23(21)26-6/h7-14H,1-6H3. The van der Waals surface area contributed by atoms with Crippen molar-refractivity contribution in [2.75, 3.05) is 14.2 Å². The maximum Gasteiger partial charge on any atom is 0.294 e. The van der Waals surface area contributed by atoms with Crippen LogP contribution >= 0.6 is 0 Å². The number of ether oxygens (including phenoxy) is 5. The predicted molar refractivity (Wildman–Crippen MR) is 114 cm³/mol. The molecular weight excluding hydrogens is 388 g/mol. The summed E-state index contributed by atoms with van der Waals surface area (Å²) in [7, 11) is 2.95. The van der Waals surface area contributed by atoms with Crippen LogP contribution in [0.25, 0.3) is 11.0 Å². The maximum atomic E-state index is 12.8. The van der Waals surface area contributed by atoms with Crippen LogP contribution < -0.4 is 29.1 Å². The third kappa shape index (κ3) is 4.62. The van der Waals surface area contributed by atoms with Gasteiger partial charge in [-0.1, -0.05) is 0 Å². The molecule has 0 radical (unpaired) electrons. The Morgan fingerprint density at radius 3 is 1.97 bits per heavy atom. The minimum Gasteiger partial charge on any atom is -0.492 e. The van der Waals surface area contributed by atoms with Gasteiger partial charge in [0.1, 0.15) is 22.5 Å². The van der Waals surface area contributed by atoms with Gasteiger partial charge in [0, 0.05) is 6.07 Å². The molecule has 1 heterocycles. The smallest absolute Gasteiger partial charge is 0.294 e. The maximum absolute atomic E-state index is 12.8. The van der Waals surface area contributed by atoms with Crippen molar-refractivity contribution in [2.45, 2.75) is 39.9 Å². The molecular formula is C23H26O7. The number of fused-ring (bicyclic) bond motifs is 1. The SMILES string of the molecule is COc1c(OC(C)C)cc2oc(Oc3ccc(OC(C)C)cc3)cc(=O)c2c1OC. The molecule has 0 fully saturated rings. The second kappa shape index (κ2) is 8.98. The van der Waals surface area contributed by atoms with Crippen LogP contribution in [-0.4, -0.2) is 26.4 Å². The van der Waals surface area contributed by atoms with Crippen LogP contribution in [0.4, 0.5) is 0 Å². The molecule has 0 bridgehead atoms. The fourth-order valence-electron chi connectivity index (χ4n) is 2.98. The zero-order chi connectivity index (χ0) is 21.8. The second-order valence-electron chi connectivity index (χ2n) is 7.15. The molecule has 0 unspecified atom stereocenters. The third-order valence-corrected chi connectivity index (χ3v) is 4.06. The molecule has 0 aliphatic carbocycles. The van der Waals surface area contributed by atoms with Crippen molar-refractivity contribution in [3.8, 4) is 34.7 Å². The highest BCUT2D eigenvalue weighted by Crippen LogP contribution is 2.43. The minimum atomic E-state index is -0.322. The van der Waals surface area contributed by atoms with E-state index in [-0.39, 0.29) is 40.3 Å². The van der Waals surface area contributed by atoms with Crippen LogP contribution in [0.5, 0.6) is 34.7 Å². The summed E-state index contributed by atoms with van der Waals surface area (Å²) < 4.78 is 33.9. The summed E-state index contributed by atoms with van der Waals surface area (Å²) in [6.45, 7) is 7.68. The van der Waals surface area contributed by atoms with Gasteiger partial charge in [0.05, 0.1) is 32.5 Å². The highest BCUT2D eigenvalue weighted by atomic mass is 16.6. The topological polar surface area (TPSA) is 76.4 Å². The summed E-state index contributed by atoms with van der Waals surface area (Å²) in [5.74, 6) is 2.28. The molecule has 0 N–H and O–H groups in total. The number of rotatable bonds is 8. The Morgan fingerprint density at radius 1 is 0.800 bits per heavy atom. The van der Waals surface area contributed by atoms with Gasteiger partial charge in [0.15, 0.2) is 11.5 Å². The van der Waals surface area contributed by atoms with Crippen molar-refractivity contribution < 1.29 is 28.1 Å². The monoisotopic (exact) mass is 414 g/mol. The molecule has 0 saturated carbocycles. The minimum absolute atomic E-state index is 0.0488. The fourth-order valence-corrected chi connectivity index (χ4v) is 2.98. The van der Waals surface area contributed by atoms with E-state index >= 15 is 0 Å². The second-order valence-corrected chi connectivity index (χ2v) is 7.15. The molecule has 2 aromatic carbocycles. The molecule has 0 amide bonds. The Hall–Kier alpha value is -3.35. The van der Waals surface area contributed by atoms with E-state index in [9.17, 15) is 4.79 Å². The van der Waals surface area contributed by atoms with Crippen LogP contribution in [0, 0.1) is 0 Å². The summed E-state index contributed by atoms with van der Waals surface area (Å²) >= 11 is 0. The molecule has 30 heavy (non-hydrogen) atoms. The lowest BCUT2D eigenvalue weighted by molar-refractivity contribution is 0.226. The first-order valence-corrected chi connectivity index (χ1v) is 9.66. The average molecular weight is 414 g/mol.